The van der Waals surface area contributed by atoms with Gasteiger partial charge in [0, 0.05) is 36.9 Å². The second-order valence-corrected chi connectivity index (χ2v) is 6.41. The molecule has 1 heterocycles. The van der Waals surface area contributed by atoms with Gasteiger partial charge in [-0.1, -0.05) is 23.7 Å². The number of rotatable bonds is 5. The van der Waals surface area contributed by atoms with Crippen molar-refractivity contribution in [2.24, 2.45) is 0 Å². The molecule has 1 aliphatic rings. The van der Waals surface area contributed by atoms with Gasteiger partial charge < -0.3 is 19.3 Å². The van der Waals surface area contributed by atoms with E-state index in [9.17, 15) is 13.6 Å². The van der Waals surface area contributed by atoms with Crippen molar-refractivity contribution in [3.05, 3.63) is 53.1 Å². The molecule has 0 unspecified atom stereocenters. The van der Waals surface area contributed by atoms with Gasteiger partial charge in [0.15, 0.2) is 11.5 Å². The molecule has 0 aromatic heterocycles. The van der Waals surface area contributed by atoms with Gasteiger partial charge >= 0.3 is 6.61 Å². The van der Waals surface area contributed by atoms with E-state index in [0.717, 1.165) is 5.69 Å². The van der Waals surface area contributed by atoms with Crippen LogP contribution in [-0.4, -0.2) is 50.7 Å². The summed E-state index contributed by atoms with van der Waals surface area (Å²) in [7, 11) is 1.34. The highest BCUT2D eigenvalue weighted by molar-refractivity contribution is 6.30. The number of ether oxygens (including phenoxy) is 2. The van der Waals surface area contributed by atoms with Crippen LogP contribution in [0.3, 0.4) is 0 Å². The predicted molar refractivity (Wildman–Crippen MR) is 99.2 cm³/mol. The first-order chi connectivity index (χ1) is 13.0. The number of para-hydroxylation sites is 1. The zero-order valence-corrected chi connectivity index (χ0v) is 15.5. The van der Waals surface area contributed by atoms with Crippen molar-refractivity contribution in [2.45, 2.75) is 6.61 Å². The van der Waals surface area contributed by atoms with E-state index in [0.29, 0.717) is 31.2 Å². The minimum absolute atomic E-state index is 0.0610. The highest BCUT2D eigenvalue weighted by atomic mass is 35.5. The van der Waals surface area contributed by atoms with Crippen LogP contribution in [0, 0.1) is 0 Å². The summed E-state index contributed by atoms with van der Waals surface area (Å²) in [6.07, 6.45) is 0. The molecule has 0 spiro atoms. The molecule has 1 amide bonds. The lowest BCUT2D eigenvalue weighted by Gasteiger charge is -2.36. The van der Waals surface area contributed by atoms with Crippen LogP contribution in [0.15, 0.2) is 42.5 Å². The Bertz CT molecular complexity index is 811. The highest BCUT2D eigenvalue weighted by Gasteiger charge is 2.27. The first-order valence-electron chi connectivity index (χ1n) is 8.41. The lowest BCUT2D eigenvalue weighted by atomic mass is 10.1. The van der Waals surface area contributed by atoms with Gasteiger partial charge in [-0.25, -0.2) is 0 Å². The molecule has 0 bridgehead atoms. The number of carbonyl (C=O) groups excluding carboxylic acids is 1. The number of benzene rings is 2. The molecular formula is C19H19ClF2N2O3. The smallest absolute Gasteiger partial charge is 0.387 e. The number of anilines is 1. The quantitative estimate of drug-likeness (QED) is 0.768. The average molecular weight is 397 g/mol. The van der Waals surface area contributed by atoms with Gasteiger partial charge in [-0.3, -0.25) is 4.79 Å². The molecule has 2 aromatic rings. The summed E-state index contributed by atoms with van der Waals surface area (Å²) in [6, 6.07) is 12.0. The maximum atomic E-state index is 12.9. The van der Waals surface area contributed by atoms with Crippen molar-refractivity contribution in [3.8, 4) is 11.5 Å². The molecule has 144 valence electrons. The molecule has 0 aliphatic carbocycles. The summed E-state index contributed by atoms with van der Waals surface area (Å²) in [5, 5.41) is 0.649. The van der Waals surface area contributed by atoms with Crippen molar-refractivity contribution in [2.75, 3.05) is 38.2 Å². The van der Waals surface area contributed by atoms with E-state index in [1.54, 1.807) is 17.0 Å². The molecule has 1 fully saturated rings. The van der Waals surface area contributed by atoms with E-state index >= 15 is 0 Å². The summed E-state index contributed by atoms with van der Waals surface area (Å²) in [5.41, 5.74) is 1.04. The topological polar surface area (TPSA) is 42.0 Å². The molecule has 1 aliphatic heterocycles. The van der Waals surface area contributed by atoms with Gasteiger partial charge in [-0.2, -0.15) is 8.78 Å². The summed E-state index contributed by atoms with van der Waals surface area (Å²) >= 11 is 6.03. The summed E-state index contributed by atoms with van der Waals surface area (Å²) in [5.74, 6) is -0.508. The first kappa shape index (κ1) is 19.2. The number of carbonyl (C=O) groups is 1. The Morgan fingerprint density at radius 3 is 2.44 bits per heavy atom. The molecule has 5 nitrogen and oxygen atoms in total. The van der Waals surface area contributed by atoms with Crippen LogP contribution in [0.25, 0.3) is 0 Å². The summed E-state index contributed by atoms with van der Waals surface area (Å²) < 4.78 is 35.2. The third kappa shape index (κ3) is 4.42. The second-order valence-electron chi connectivity index (χ2n) is 5.97. The van der Waals surface area contributed by atoms with Gasteiger partial charge in [-0.05, 0) is 30.3 Å². The van der Waals surface area contributed by atoms with Crippen LogP contribution in [0.1, 0.15) is 10.4 Å². The van der Waals surface area contributed by atoms with E-state index < -0.39 is 6.61 Å². The number of piperazine rings is 1. The average Bonchev–Trinajstić information content (AvgIpc) is 2.67. The minimum atomic E-state index is -3.05. The van der Waals surface area contributed by atoms with Crippen molar-refractivity contribution in [1.82, 2.24) is 4.90 Å². The largest absolute Gasteiger partial charge is 0.493 e. The van der Waals surface area contributed by atoms with Crippen molar-refractivity contribution in [3.63, 3.8) is 0 Å². The normalized spacial score (nSPS) is 14.4. The first-order valence-corrected chi connectivity index (χ1v) is 8.79. The molecule has 0 N–H and O–H groups in total. The van der Waals surface area contributed by atoms with Gasteiger partial charge in [0.1, 0.15) is 0 Å². The Morgan fingerprint density at radius 2 is 1.81 bits per heavy atom. The molecule has 27 heavy (non-hydrogen) atoms. The van der Waals surface area contributed by atoms with E-state index in [1.807, 2.05) is 18.2 Å². The second kappa shape index (κ2) is 8.43. The van der Waals surface area contributed by atoms with E-state index in [-0.39, 0.29) is 23.0 Å². The van der Waals surface area contributed by atoms with Gasteiger partial charge in [0.05, 0.1) is 12.7 Å². The van der Waals surface area contributed by atoms with E-state index in [2.05, 4.69) is 9.64 Å². The SMILES string of the molecule is COc1cccc(C(=O)N2CCN(c3cccc(Cl)c3)CC2)c1OC(F)F. The zero-order chi connectivity index (χ0) is 19.4. The van der Waals surface area contributed by atoms with E-state index in [4.69, 9.17) is 16.3 Å². The fourth-order valence-corrected chi connectivity index (χ4v) is 3.25. The molecule has 1 saturated heterocycles. The number of nitrogens with zero attached hydrogens (tertiary/aromatic N) is 2. The standard InChI is InChI=1S/C19H19ClF2N2O3/c1-26-16-7-3-6-15(17(16)27-19(21)22)18(25)24-10-8-23(9-11-24)14-5-2-4-13(20)12-14/h2-7,12,19H,8-11H2,1H3. The fourth-order valence-electron chi connectivity index (χ4n) is 3.07. The van der Waals surface area contributed by atoms with Crippen LogP contribution in [0.4, 0.5) is 14.5 Å². The number of alkyl halides is 2. The summed E-state index contributed by atoms with van der Waals surface area (Å²) in [6.45, 7) is -0.914. The Labute approximate surface area is 161 Å². The van der Waals surface area contributed by atoms with Crippen LogP contribution in [0.2, 0.25) is 5.02 Å². The molecule has 2 aromatic carbocycles. The fraction of sp³-hybridized carbons (Fsp3) is 0.316. The molecule has 0 radical (unpaired) electrons. The minimum Gasteiger partial charge on any atom is -0.493 e. The van der Waals surface area contributed by atoms with Crippen molar-refractivity contribution in [1.29, 1.82) is 0 Å². The molecular weight excluding hydrogens is 378 g/mol. The Kier molecular flexibility index (Phi) is 6.01. The third-order valence-corrected chi connectivity index (χ3v) is 4.61. The van der Waals surface area contributed by atoms with Gasteiger partial charge in [-0.15, -0.1) is 0 Å². The predicted octanol–water partition coefficient (Wildman–Crippen LogP) is 3.91. The van der Waals surface area contributed by atoms with Crippen LogP contribution in [-0.2, 0) is 0 Å². The number of halogens is 3. The van der Waals surface area contributed by atoms with Gasteiger partial charge in [0.2, 0.25) is 0 Å². The van der Waals surface area contributed by atoms with Crippen LogP contribution in [0.5, 0.6) is 11.5 Å². The number of hydrogen-bond acceptors (Lipinski definition) is 4. The molecule has 0 atom stereocenters. The van der Waals surface area contributed by atoms with Crippen molar-refractivity contribution >= 4 is 23.2 Å². The maximum Gasteiger partial charge on any atom is 0.387 e. The Hall–Kier alpha value is -2.54. The van der Waals surface area contributed by atoms with Crippen LogP contribution < -0.4 is 14.4 Å². The van der Waals surface area contributed by atoms with E-state index in [1.165, 1.54) is 19.2 Å². The molecule has 0 saturated carbocycles. The molecule has 3 rings (SSSR count). The zero-order valence-electron chi connectivity index (χ0n) is 14.7. The molecule has 8 heteroatoms. The van der Waals surface area contributed by atoms with Crippen LogP contribution >= 0.6 is 11.6 Å². The number of methoxy groups -OCH3 is 1. The third-order valence-electron chi connectivity index (χ3n) is 4.38. The number of hydrogen-bond donors (Lipinski definition) is 0. The number of amides is 1. The van der Waals surface area contributed by atoms with Crippen molar-refractivity contribution < 1.29 is 23.0 Å². The summed E-state index contributed by atoms with van der Waals surface area (Å²) in [4.78, 5) is 16.6. The van der Waals surface area contributed by atoms with Gasteiger partial charge in [0.25, 0.3) is 5.91 Å². The Balaban J connectivity index is 1.74. The monoisotopic (exact) mass is 396 g/mol. The highest BCUT2D eigenvalue weighted by Crippen LogP contribution is 2.33. The lowest BCUT2D eigenvalue weighted by molar-refractivity contribution is -0.0516. The Morgan fingerprint density at radius 1 is 1.11 bits per heavy atom. The lowest BCUT2D eigenvalue weighted by Crippen LogP contribution is -2.48. The maximum absolute atomic E-state index is 12.9.